The van der Waals surface area contributed by atoms with Crippen molar-refractivity contribution in [1.29, 1.82) is 0 Å². The van der Waals surface area contributed by atoms with Crippen molar-refractivity contribution in [3.8, 4) is 11.5 Å². The highest BCUT2D eigenvalue weighted by molar-refractivity contribution is 5.94. The number of hydrogen-bond acceptors (Lipinski definition) is 4. The van der Waals surface area contributed by atoms with E-state index in [0.29, 0.717) is 17.9 Å². The number of nitrogens with zero attached hydrogens (tertiary/aromatic N) is 2. The van der Waals surface area contributed by atoms with Gasteiger partial charge < -0.3 is 19.4 Å². The number of rotatable bonds is 6. The summed E-state index contributed by atoms with van der Waals surface area (Å²) in [5, 5.41) is 1.23. The molecule has 1 aliphatic rings. The second-order valence-corrected chi connectivity index (χ2v) is 8.30. The monoisotopic (exact) mass is 441 g/mol. The van der Waals surface area contributed by atoms with Crippen LogP contribution in [-0.4, -0.2) is 41.5 Å². The largest absolute Gasteiger partial charge is 0.493 e. The molecule has 1 amide bonds. The highest BCUT2D eigenvalue weighted by Gasteiger charge is 2.32. The van der Waals surface area contributed by atoms with Gasteiger partial charge in [0.25, 0.3) is 5.91 Å². The van der Waals surface area contributed by atoms with Crippen molar-refractivity contribution in [3.05, 3.63) is 89.4 Å². The van der Waals surface area contributed by atoms with Gasteiger partial charge in [0.1, 0.15) is 0 Å². The number of aromatic nitrogens is 2. The first-order chi connectivity index (χ1) is 16.2. The van der Waals surface area contributed by atoms with Crippen LogP contribution in [0.4, 0.5) is 0 Å². The number of aryl methyl sites for hydroxylation is 1. The van der Waals surface area contributed by atoms with Gasteiger partial charge in [0, 0.05) is 41.6 Å². The Morgan fingerprint density at radius 2 is 1.85 bits per heavy atom. The van der Waals surface area contributed by atoms with Crippen LogP contribution in [0.2, 0.25) is 0 Å². The van der Waals surface area contributed by atoms with E-state index >= 15 is 0 Å². The van der Waals surface area contributed by atoms with Crippen molar-refractivity contribution in [2.45, 2.75) is 25.3 Å². The lowest BCUT2D eigenvalue weighted by molar-refractivity contribution is 0.0650. The van der Waals surface area contributed by atoms with Gasteiger partial charge in [0.2, 0.25) is 0 Å². The maximum Gasteiger partial charge on any atom is 0.254 e. The molecule has 5 rings (SSSR count). The molecule has 0 saturated carbocycles. The predicted molar refractivity (Wildman–Crippen MR) is 128 cm³/mol. The highest BCUT2D eigenvalue weighted by atomic mass is 16.5. The van der Waals surface area contributed by atoms with E-state index in [1.165, 1.54) is 16.5 Å². The number of benzene rings is 2. The number of carbonyl (C=O) groups is 1. The summed E-state index contributed by atoms with van der Waals surface area (Å²) in [7, 11) is 3.30. The molecule has 4 aromatic rings. The second kappa shape index (κ2) is 8.98. The number of aromatic amines is 1. The fourth-order valence-electron chi connectivity index (χ4n) is 4.87. The van der Waals surface area contributed by atoms with E-state index in [-0.39, 0.29) is 11.9 Å². The lowest BCUT2D eigenvalue weighted by Gasteiger charge is -2.38. The molecule has 0 aliphatic carbocycles. The van der Waals surface area contributed by atoms with Crippen molar-refractivity contribution in [3.63, 3.8) is 0 Å². The van der Waals surface area contributed by atoms with Crippen LogP contribution in [0.3, 0.4) is 0 Å². The summed E-state index contributed by atoms with van der Waals surface area (Å²) >= 11 is 0. The number of nitrogens with one attached hydrogen (secondary N) is 1. The van der Waals surface area contributed by atoms with Gasteiger partial charge in [-0.15, -0.1) is 0 Å². The first-order valence-electron chi connectivity index (χ1n) is 11.2. The van der Waals surface area contributed by atoms with Gasteiger partial charge in [-0.2, -0.15) is 0 Å². The van der Waals surface area contributed by atoms with Crippen LogP contribution in [-0.2, 0) is 12.8 Å². The molecule has 0 bridgehead atoms. The van der Waals surface area contributed by atoms with E-state index in [1.807, 2.05) is 17.0 Å². The van der Waals surface area contributed by atoms with Gasteiger partial charge >= 0.3 is 0 Å². The van der Waals surface area contributed by atoms with Crippen LogP contribution >= 0.6 is 0 Å². The van der Waals surface area contributed by atoms with E-state index in [9.17, 15) is 4.79 Å². The van der Waals surface area contributed by atoms with Crippen LogP contribution in [0.1, 0.15) is 39.5 Å². The Kier molecular flexibility index (Phi) is 5.73. The van der Waals surface area contributed by atoms with Gasteiger partial charge in [-0.05, 0) is 66.3 Å². The van der Waals surface area contributed by atoms with Crippen LogP contribution in [0, 0.1) is 0 Å². The topological polar surface area (TPSA) is 67.5 Å². The molecule has 168 valence electrons. The van der Waals surface area contributed by atoms with Crippen molar-refractivity contribution in [2.24, 2.45) is 0 Å². The summed E-state index contributed by atoms with van der Waals surface area (Å²) < 4.78 is 11.1. The van der Waals surface area contributed by atoms with Crippen LogP contribution < -0.4 is 9.47 Å². The third-order valence-electron chi connectivity index (χ3n) is 6.55. The third kappa shape index (κ3) is 3.93. The zero-order valence-corrected chi connectivity index (χ0v) is 18.9. The molecule has 0 saturated heterocycles. The summed E-state index contributed by atoms with van der Waals surface area (Å²) in [6, 6.07) is 15.9. The van der Waals surface area contributed by atoms with Crippen LogP contribution in [0.25, 0.3) is 10.9 Å². The summed E-state index contributed by atoms with van der Waals surface area (Å²) in [6.07, 6.45) is 7.85. The number of pyridine rings is 1. The minimum atomic E-state index is -0.0668. The van der Waals surface area contributed by atoms with Gasteiger partial charge in [0.05, 0.1) is 20.3 Å². The van der Waals surface area contributed by atoms with Crippen molar-refractivity contribution >= 4 is 16.8 Å². The minimum absolute atomic E-state index is 0.0294. The maximum atomic E-state index is 13.5. The first-order valence-corrected chi connectivity index (χ1v) is 11.2. The van der Waals surface area contributed by atoms with E-state index in [4.69, 9.17) is 9.47 Å². The number of carbonyl (C=O) groups excluding carboxylic acids is 1. The summed E-state index contributed by atoms with van der Waals surface area (Å²) in [6.45, 7) is 0.655. The van der Waals surface area contributed by atoms with Gasteiger partial charge in [-0.1, -0.05) is 18.2 Å². The van der Waals surface area contributed by atoms with Crippen molar-refractivity contribution < 1.29 is 14.3 Å². The molecule has 2 aromatic heterocycles. The van der Waals surface area contributed by atoms with Crippen LogP contribution in [0.5, 0.6) is 11.5 Å². The molecule has 2 aromatic carbocycles. The average molecular weight is 442 g/mol. The molecule has 0 radical (unpaired) electrons. The van der Waals surface area contributed by atoms with E-state index < -0.39 is 0 Å². The molecule has 6 nitrogen and oxygen atoms in total. The molecular weight excluding hydrogens is 414 g/mol. The number of hydrogen-bond donors (Lipinski definition) is 1. The smallest absolute Gasteiger partial charge is 0.254 e. The number of ether oxygens (including phenoxy) is 2. The van der Waals surface area contributed by atoms with Gasteiger partial charge in [-0.3, -0.25) is 9.78 Å². The zero-order valence-electron chi connectivity index (χ0n) is 18.9. The number of amides is 1. The quantitative estimate of drug-likeness (QED) is 0.460. The number of para-hydroxylation sites is 1. The molecule has 0 spiro atoms. The average Bonchev–Trinajstić information content (AvgIpc) is 3.29. The van der Waals surface area contributed by atoms with E-state index in [0.717, 1.165) is 36.1 Å². The molecule has 6 heteroatoms. The number of H-pyrrole nitrogens is 1. The molecule has 3 heterocycles. The first kappa shape index (κ1) is 21.1. The number of methoxy groups -OCH3 is 2. The summed E-state index contributed by atoms with van der Waals surface area (Å²) in [5.41, 5.74) is 5.38. The maximum absolute atomic E-state index is 13.5. The molecule has 1 atom stereocenters. The Bertz CT molecular complexity index is 1280. The summed E-state index contributed by atoms with van der Waals surface area (Å²) in [5.74, 6) is 1.44. The Hall–Kier alpha value is -3.80. The SMILES string of the molecule is COc1cc2c(cc1OC)[C@@H](CCc1c[nH]c3ccccc13)N(C(=O)c1ccncc1)CC2. The standard InChI is InChI=1S/C27H27N3O3/c1-32-25-15-19-11-14-30(27(31)18-9-12-28-13-10-18)24(22(19)16-26(25)33-2)8-7-20-17-29-23-6-4-3-5-21(20)23/h3-6,9-10,12-13,15-17,24,29H,7-8,11,14H2,1-2H3/t24-/m1/s1. The fourth-order valence-corrected chi connectivity index (χ4v) is 4.87. The number of fused-ring (bicyclic) bond motifs is 2. The van der Waals surface area contributed by atoms with Gasteiger partial charge in [0.15, 0.2) is 11.5 Å². The highest BCUT2D eigenvalue weighted by Crippen LogP contribution is 2.40. The normalized spacial score (nSPS) is 15.3. The zero-order chi connectivity index (χ0) is 22.8. The molecular formula is C27H27N3O3. The predicted octanol–water partition coefficient (Wildman–Crippen LogP) is 4.95. The van der Waals surface area contributed by atoms with Crippen molar-refractivity contribution in [2.75, 3.05) is 20.8 Å². The van der Waals surface area contributed by atoms with Crippen LogP contribution in [0.15, 0.2) is 67.1 Å². The Morgan fingerprint density at radius 1 is 1.09 bits per heavy atom. The Labute approximate surface area is 193 Å². The fraction of sp³-hybridized carbons (Fsp3) is 0.259. The van der Waals surface area contributed by atoms with Gasteiger partial charge in [-0.25, -0.2) is 0 Å². The molecule has 0 unspecified atom stereocenters. The lowest BCUT2D eigenvalue weighted by Crippen LogP contribution is -2.40. The minimum Gasteiger partial charge on any atom is -0.493 e. The second-order valence-electron chi connectivity index (χ2n) is 8.30. The van der Waals surface area contributed by atoms with E-state index in [2.05, 4.69) is 40.4 Å². The third-order valence-corrected chi connectivity index (χ3v) is 6.55. The molecule has 33 heavy (non-hydrogen) atoms. The van der Waals surface area contributed by atoms with E-state index in [1.54, 1.807) is 38.7 Å². The molecule has 1 aliphatic heterocycles. The Morgan fingerprint density at radius 3 is 2.64 bits per heavy atom. The molecule has 1 N–H and O–H groups in total. The molecule has 0 fully saturated rings. The summed E-state index contributed by atoms with van der Waals surface area (Å²) in [4.78, 5) is 22.9. The van der Waals surface area contributed by atoms with Crippen molar-refractivity contribution in [1.82, 2.24) is 14.9 Å². The lowest BCUT2D eigenvalue weighted by atomic mass is 9.88. The Balaban J connectivity index is 1.52.